The van der Waals surface area contributed by atoms with Gasteiger partial charge in [-0.25, -0.2) is 0 Å². The fraction of sp³-hybridized carbons (Fsp3) is 0.167. The van der Waals surface area contributed by atoms with Crippen LogP contribution < -0.4 is 4.74 Å². The van der Waals surface area contributed by atoms with Gasteiger partial charge in [0.1, 0.15) is 12.4 Å². The first-order valence-corrected chi connectivity index (χ1v) is 6.61. The van der Waals surface area contributed by atoms with Gasteiger partial charge < -0.3 is 4.74 Å². The molecule has 2 heteroatoms. The van der Waals surface area contributed by atoms with Crippen molar-refractivity contribution < 1.29 is 9.53 Å². The first-order chi connectivity index (χ1) is 9.65. The number of ether oxygens (including phenoxy) is 1. The van der Waals surface area contributed by atoms with E-state index < -0.39 is 0 Å². The minimum atomic E-state index is 0.0538. The van der Waals surface area contributed by atoms with E-state index in [9.17, 15) is 4.79 Å². The fourth-order valence-corrected chi connectivity index (χ4v) is 1.96. The van der Waals surface area contributed by atoms with Crippen molar-refractivity contribution >= 4 is 11.4 Å². The first kappa shape index (κ1) is 14.1. The van der Waals surface area contributed by atoms with E-state index in [-0.39, 0.29) is 5.78 Å². The molecule has 0 aliphatic heterocycles. The van der Waals surface area contributed by atoms with Gasteiger partial charge >= 0.3 is 0 Å². The van der Waals surface area contributed by atoms with Crippen LogP contribution >= 0.6 is 0 Å². The highest BCUT2D eigenvalue weighted by molar-refractivity contribution is 5.94. The van der Waals surface area contributed by atoms with Gasteiger partial charge in [-0.05, 0) is 48.8 Å². The Balaban J connectivity index is 2.08. The lowest BCUT2D eigenvalue weighted by Crippen LogP contribution is -1.95. The zero-order valence-electron chi connectivity index (χ0n) is 11.8. The van der Waals surface area contributed by atoms with Crippen LogP contribution in [0, 0.1) is 0 Å². The molecule has 2 nitrogen and oxygen atoms in total. The molecule has 0 unspecified atom stereocenters. The second-order valence-corrected chi connectivity index (χ2v) is 4.74. The third kappa shape index (κ3) is 4.09. The van der Waals surface area contributed by atoms with Crippen LogP contribution in [-0.2, 0) is 11.4 Å². The maximum atomic E-state index is 11.1. The molecule has 0 saturated heterocycles. The van der Waals surface area contributed by atoms with Crippen LogP contribution in [0.1, 0.15) is 25.0 Å². The summed E-state index contributed by atoms with van der Waals surface area (Å²) in [6, 6.07) is 17.8. The monoisotopic (exact) mass is 266 g/mol. The first-order valence-electron chi connectivity index (χ1n) is 6.61. The molecule has 0 aromatic heterocycles. The summed E-state index contributed by atoms with van der Waals surface area (Å²) in [5.74, 6) is 0.862. The minimum absolute atomic E-state index is 0.0538. The molecule has 20 heavy (non-hydrogen) atoms. The van der Waals surface area contributed by atoms with Crippen molar-refractivity contribution in [2.24, 2.45) is 0 Å². The highest BCUT2D eigenvalue weighted by Gasteiger charge is 2.01. The molecule has 2 rings (SSSR count). The SMILES string of the molecule is CC(=O)/C=C(\C)c1cccc(OCc2ccccc2)c1. The van der Waals surface area contributed by atoms with E-state index in [2.05, 4.69) is 0 Å². The smallest absolute Gasteiger partial charge is 0.152 e. The van der Waals surface area contributed by atoms with Crippen LogP contribution in [0.5, 0.6) is 5.75 Å². The summed E-state index contributed by atoms with van der Waals surface area (Å²) in [5, 5.41) is 0. The second kappa shape index (κ2) is 6.71. The molecule has 102 valence electrons. The molecular weight excluding hydrogens is 248 g/mol. The predicted octanol–water partition coefficient (Wildman–Crippen LogP) is 4.26. The summed E-state index contributed by atoms with van der Waals surface area (Å²) in [7, 11) is 0. The number of hydrogen-bond donors (Lipinski definition) is 0. The second-order valence-electron chi connectivity index (χ2n) is 4.74. The van der Waals surface area contributed by atoms with Gasteiger partial charge in [0.05, 0.1) is 0 Å². The quantitative estimate of drug-likeness (QED) is 0.756. The lowest BCUT2D eigenvalue weighted by atomic mass is 10.1. The summed E-state index contributed by atoms with van der Waals surface area (Å²) in [5.41, 5.74) is 3.09. The van der Waals surface area contributed by atoms with Crippen molar-refractivity contribution in [3.63, 3.8) is 0 Å². The summed E-state index contributed by atoms with van der Waals surface area (Å²) in [6.45, 7) is 4.02. The topological polar surface area (TPSA) is 26.3 Å². The average molecular weight is 266 g/mol. The van der Waals surface area contributed by atoms with Gasteiger partial charge in [-0.15, -0.1) is 0 Å². The van der Waals surface area contributed by atoms with Crippen LogP contribution in [-0.4, -0.2) is 5.78 Å². The average Bonchev–Trinajstić information content (AvgIpc) is 2.46. The highest BCUT2D eigenvalue weighted by Crippen LogP contribution is 2.20. The van der Waals surface area contributed by atoms with E-state index in [1.54, 1.807) is 13.0 Å². The Morgan fingerprint density at radius 3 is 2.50 bits per heavy atom. The van der Waals surface area contributed by atoms with Crippen LogP contribution in [0.15, 0.2) is 60.7 Å². The standard InChI is InChI=1S/C18H18O2/c1-14(11-15(2)19)17-9-6-10-18(12-17)20-13-16-7-4-3-5-8-16/h3-12H,13H2,1-2H3/b14-11+. The molecule has 0 bridgehead atoms. The van der Waals surface area contributed by atoms with Crippen molar-refractivity contribution in [3.8, 4) is 5.75 Å². The Morgan fingerprint density at radius 1 is 1.05 bits per heavy atom. The molecule has 0 atom stereocenters. The maximum absolute atomic E-state index is 11.1. The van der Waals surface area contributed by atoms with Crippen LogP contribution in [0.3, 0.4) is 0 Å². The van der Waals surface area contributed by atoms with Gasteiger partial charge in [0.2, 0.25) is 0 Å². The maximum Gasteiger partial charge on any atom is 0.152 e. The Hall–Kier alpha value is -2.35. The third-order valence-corrected chi connectivity index (χ3v) is 2.96. The normalized spacial score (nSPS) is 11.2. The summed E-state index contributed by atoms with van der Waals surface area (Å²) in [4.78, 5) is 11.1. The van der Waals surface area contributed by atoms with Crippen molar-refractivity contribution in [1.29, 1.82) is 0 Å². The molecule has 2 aromatic rings. The molecule has 0 fully saturated rings. The molecule has 2 aromatic carbocycles. The number of carbonyl (C=O) groups is 1. The lowest BCUT2D eigenvalue weighted by molar-refractivity contribution is -0.112. The van der Waals surface area contributed by atoms with E-state index in [1.807, 2.05) is 61.5 Å². The number of carbonyl (C=O) groups excluding carboxylic acids is 1. The van der Waals surface area contributed by atoms with E-state index in [0.717, 1.165) is 22.4 Å². The summed E-state index contributed by atoms with van der Waals surface area (Å²) in [6.07, 6.45) is 1.64. The van der Waals surface area contributed by atoms with Crippen molar-refractivity contribution in [3.05, 3.63) is 71.8 Å². The molecular formula is C18H18O2. The Kier molecular flexibility index (Phi) is 4.72. The molecule has 0 saturated carbocycles. The highest BCUT2D eigenvalue weighted by atomic mass is 16.5. The summed E-state index contributed by atoms with van der Waals surface area (Å²) >= 11 is 0. The zero-order chi connectivity index (χ0) is 14.4. The molecule has 0 heterocycles. The van der Waals surface area contributed by atoms with Gasteiger partial charge in [-0.2, -0.15) is 0 Å². The van der Waals surface area contributed by atoms with Crippen molar-refractivity contribution in [2.45, 2.75) is 20.5 Å². The number of benzene rings is 2. The van der Waals surface area contributed by atoms with E-state index in [0.29, 0.717) is 6.61 Å². The molecule has 0 aliphatic carbocycles. The van der Waals surface area contributed by atoms with Crippen LogP contribution in [0.4, 0.5) is 0 Å². The number of rotatable bonds is 5. The van der Waals surface area contributed by atoms with E-state index in [1.165, 1.54) is 0 Å². The largest absolute Gasteiger partial charge is 0.489 e. The molecule has 0 N–H and O–H groups in total. The van der Waals surface area contributed by atoms with E-state index in [4.69, 9.17) is 4.74 Å². The van der Waals surface area contributed by atoms with Gasteiger partial charge in [0.25, 0.3) is 0 Å². The summed E-state index contributed by atoms with van der Waals surface area (Å²) < 4.78 is 5.78. The zero-order valence-corrected chi connectivity index (χ0v) is 11.8. The molecule has 0 amide bonds. The predicted molar refractivity (Wildman–Crippen MR) is 81.5 cm³/mol. The van der Waals surface area contributed by atoms with Crippen LogP contribution in [0.2, 0.25) is 0 Å². The molecule has 0 spiro atoms. The van der Waals surface area contributed by atoms with Gasteiger partial charge in [0.15, 0.2) is 5.78 Å². The van der Waals surface area contributed by atoms with Crippen molar-refractivity contribution in [2.75, 3.05) is 0 Å². The number of allylic oxidation sites excluding steroid dienone is 2. The number of ketones is 1. The lowest BCUT2D eigenvalue weighted by Gasteiger charge is -2.08. The van der Waals surface area contributed by atoms with E-state index >= 15 is 0 Å². The van der Waals surface area contributed by atoms with Gasteiger partial charge in [0, 0.05) is 0 Å². The minimum Gasteiger partial charge on any atom is -0.489 e. The van der Waals surface area contributed by atoms with Crippen molar-refractivity contribution in [1.82, 2.24) is 0 Å². The number of hydrogen-bond acceptors (Lipinski definition) is 2. The van der Waals surface area contributed by atoms with Gasteiger partial charge in [-0.3, -0.25) is 4.79 Å². The Morgan fingerprint density at radius 2 is 1.80 bits per heavy atom. The third-order valence-electron chi connectivity index (χ3n) is 2.96. The molecule has 0 radical (unpaired) electrons. The Labute approximate surface area is 119 Å². The Bertz CT molecular complexity index is 612. The van der Waals surface area contributed by atoms with Gasteiger partial charge in [-0.1, -0.05) is 42.5 Å². The van der Waals surface area contributed by atoms with Crippen LogP contribution in [0.25, 0.3) is 5.57 Å². The fourth-order valence-electron chi connectivity index (χ4n) is 1.96. The molecule has 0 aliphatic rings.